The SMILES string of the molecule is Cn1cc(Nc2nccc(-c3ccc4c(c3)CN([C@@H]3CCOC3)CC[C@H]4CC(=O)c3cn(C(C)(C)C)nn3)n2)cn1.Cn1cc(Nc2nccc(-c3ccc4c(c3)CN([C@H]3CCOC3)CC[C@H]4CC(=O)c3cn(C(C)(C)C)nn3)n2)cn1. The Kier molecular flexibility index (Phi) is 16.3. The van der Waals surface area contributed by atoms with E-state index in [1.807, 2.05) is 80.2 Å². The van der Waals surface area contributed by atoms with Crippen LogP contribution in [-0.4, -0.2) is 142 Å². The number of Topliss-reactive ketones (excluding diaryl/α,β-unsaturated/α-hetero) is 2. The van der Waals surface area contributed by atoms with Gasteiger partial charge in [0.15, 0.2) is 11.6 Å². The maximum absolute atomic E-state index is 13.4. The molecule has 0 radical (unpaired) electrons. The van der Waals surface area contributed by atoms with E-state index in [2.05, 4.69) is 97.6 Å². The molecule has 22 heteroatoms. The normalized spacial score (nSPS) is 19.6. The second-order valence-electron chi connectivity index (χ2n) is 24.1. The first-order valence-electron chi connectivity index (χ1n) is 28.5. The molecule has 0 saturated carbocycles. The molecule has 2 saturated heterocycles. The molecular formula is C60H74N18O4. The molecule has 10 heterocycles. The lowest BCUT2D eigenvalue weighted by atomic mass is 9.87. The van der Waals surface area contributed by atoms with E-state index in [0.29, 0.717) is 48.2 Å². The zero-order chi connectivity index (χ0) is 57.1. The van der Waals surface area contributed by atoms with Gasteiger partial charge in [-0.05, 0) is 139 Å². The van der Waals surface area contributed by atoms with Crippen molar-refractivity contribution in [2.75, 3.05) is 50.2 Å². The van der Waals surface area contributed by atoms with Gasteiger partial charge in [-0.3, -0.25) is 28.8 Å². The molecule has 2 N–H and O–H groups in total. The van der Waals surface area contributed by atoms with E-state index in [-0.39, 0.29) is 34.5 Å². The maximum atomic E-state index is 13.4. The van der Waals surface area contributed by atoms with Gasteiger partial charge >= 0.3 is 0 Å². The number of benzene rings is 2. The minimum absolute atomic E-state index is 0.0279. The molecule has 82 heavy (non-hydrogen) atoms. The summed E-state index contributed by atoms with van der Waals surface area (Å²) >= 11 is 0. The van der Waals surface area contributed by atoms with Gasteiger partial charge in [0.25, 0.3) is 0 Å². The van der Waals surface area contributed by atoms with Crippen molar-refractivity contribution >= 4 is 34.8 Å². The topological polar surface area (TPSA) is 232 Å². The van der Waals surface area contributed by atoms with Crippen LogP contribution >= 0.6 is 0 Å². The molecule has 2 fully saturated rings. The Labute approximate surface area is 478 Å². The van der Waals surface area contributed by atoms with Crippen molar-refractivity contribution in [2.45, 2.75) is 128 Å². The van der Waals surface area contributed by atoms with Gasteiger partial charge in [-0.25, -0.2) is 29.3 Å². The van der Waals surface area contributed by atoms with Gasteiger partial charge in [0, 0.05) is 101 Å². The van der Waals surface area contributed by atoms with Crippen LogP contribution in [0.15, 0.2) is 98.1 Å². The van der Waals surface area contributed by atoms with Crippen LogP contribution in [0.2, 0.25) is 0 Å². The number of fused-ring (bicyclic) bond motifs is 2. The highest BCUT2D eigenvalue weighted by molar-refractivity contribution is 5.95. The Morgan fingerprint density at radius 1 is 0.585 bits per heavy atom. The molecular weight excluding hydrogens is 1040 g/mol. The molecule has 12 rings (SSSR count). The monoisotopic (exact) mass is 1110 g/mol. The highest BCUT2D eigenvalue weighted by Crippen LogP contribution is 2.38. The lowest BCUT2D eigenvalue weighted by molar-refractivity contribution is 0.0955. The third kappa shape index (κ3) is 13.2. The van der Waals surface area contributed by atoms with Crippen molar-refractivity contribution in [3.8, 4) is 22.5 Å². The molecule has 4 aliphatic rings. The van der Waals surface area contributed by atoms with E-state index in [1.165, 1.54) is 22.3 Å². The number of carbonyl (C=O) groups is 2. The minimum atomic E-state index is -0.227. The van der Waals surface area contributed by atoms with Crippen LogP contribution in [0.25, 0.3) is 22.5 Å². The number of carbonyl (C=O) groups excluding carboxylic acids is 2. The Balaban J connectivity index is 0.000000172. The molecule has 6 aromatic heterocycles. The Morgan fingerprint density at radius 3 is 1.39 bits per heavy atom. The van der Waals surface area contributed by atoms with Gasteiger partial charge in [-0.2, -0.15) is 10.2 Å². The van der Waals surface area contributed by atoms with Gasteiger partial charge in [-0.15, -0.1) is 10.2 Å². The summed E-state index contributed by atoms with van der Waals surface area (Å²) in [6, 6.07) is 17.7. The first-order chi connectivity index (χ1) is 39.4. The second-order valence-corrected chi connectivity index (χ2v) is 24.1. The van der Waals surface area contributed by atoms with Gasteiger partial charge in [-0.1, -0.05) is 34.7 Å². The zero-order valence-corrected chi connectivity index (χ0v) is 48.2. The third-order valence-electron chi connectivity index (χ3n) is 15.9. The molecule has 428 valence electrons. The van der Waals surface area contributed by atoms with Crippen molar-refractivity contribution in [1.82, 2.24) is 79.3 Å². The zero-order valence-electron chi connectivity index (χ0n) is 48.2. The average Bonchev–Trinajstić information content (AvgIpc) is 4.14. The molecule has 4 aliphatic heterocycles. The number of hydrogen-bond donors (Lipinski definition) is 2. The van der Waals surface area contributed by atoms with Gasteiger partial charge in [0.2, 0.25) is 11.9 Å². The summed E-state index contributed by atoms with van der Waals surface area (Å²) in [5.74, 6) is 1.27. The maximum Gasteiger partial charge on any atom is 0.227 e. The van der Waals surface area contributed by atoms with Crippen LogP contribution in [0, 0.1) is 0 Å². The first-order valence-corrected chi connectivity index (χ1v) is 28.5. The summed E-state index contributed by atoms with van der Waals surface area (Å²) in [7, 11) is 3.74. The fourth-order valence-corrected chi connectivity index (χ4v) is 11.3. The average molecular weight is 1110 g/mol. The highest BCUT2D eigenvalue weighted by atomic mass is 16.5. The first kappa shape index (κ1) is 56.0. The lowest BCUT2D eigenvalue weighted by Crippen LogP contribution is -2.35. The summed E-state index contributed by atoms with van der Waals surface area (Å²) < 4.78 is 18.4. The summed E-state index contributed by atoms with van der Waals surface area (Å²) in [6.07, 6.45) is 19.0. The molecule has 0 spiro atoms. The van der Waals surface area contributed by atoms with E-state index in [4.69, 9.17) is 19.4 Å². The predicted molar refractivity (Wildman–Crippen MR) is 310 cm³/mol. The lowest BCUT2D eigenvalue weighted by Gasteiger charge is -2.26. The number of rotatable bonds is 14. The Bertz CT molecular complexity index is 3290. The fourth-order valence-electron chi connectivity index (χ4n) is 11.3. The number of anilines is 4. The smallest absolute Gasteiger partial charge is 0.227 e. The van der Waals surface area contributed by atoms with Crippen LogP contribution in [0.3, 0.4) is 0 Å². The number of ether oxygens (including phenoxy) is 2. The van der Waals surface area contributed by atoms with E-state index < -0.39 is 0 Å². The van der Waals surface area contributed by atoms with Gasteiger partial charge < -0.3 is 20.1 Å². The molecule has 4 atom stereocenters. The molecule has 22 nitrogen and oxygen atoms in total. The largest absolute Gasteiger partial charge is 0.380 e. The molecule has 8 aromatic rings. The standard InChI is InChI=1S/2C30H37N9O2/c2*1-30(2,3)39-18-27(35-36-39)28(40)14-20-8-11-38(24-9-12-41-19-24)16-22-13-21(5-6-25(20)22)26-7-10-31-29(34-26)33-23-15-32-37(4)17-23/h2*5-7,10,13,15,17-18,20,24H,8-9,11-12,14,16,19H2,1-4H3,(H,31,33,34)/t20-,24+;20-,24-/m00/s1. The number of aromatic nitrogens is 14. The van der Waals surface area contributed by atoms with E-state index in [1.54, 1.807) is 55.9 Å². The molecule has 0 aliphatic carbocycles. The number of hydrogen-bond acceptors (Lipinski definition) is 18. The molecule has 0 bridgehead atoms. The highest BCUT2D eigenvalue weighted by Gasteiger charge is 2.33. The molecule has 0 amide bonds. The van der Waals surface area contributed by atoms with Crippen molar-refractivity contribution in [3.63, 3.8) is 0 Å². The molecule has 2 aromatic carbocycles. The number of nitrogens with one attached hydrogen (secondary N) is 2. The quantitative estimate of drug-likeness (QED) is 0.0970. The van der Waals surface area contributed by atoms with Gasteiger partial charge in [0.05, 0.1) is 71.8 Å². The number of ketones is 2. The van der Waals surface area contributed by atoms with Crippen LogP contribution in [0.4, 0.5) is 23.3 Å². The van der Waals surface area contributed by atoms with E-state index in [9.17, 15) is 9.59 Å². The van der Waals surface area contributed by atoms with Crippen LogP contribution in [0.1, 0.15) is 135 Å². The number of nitrogens with zero attached hydrogens (tertiary/aromatic N) is 16. The summed E-state index contributed by atoms with van der Waals surface area (Å²) in [6.45, 7) is 18.8. The predicted octanol–water partition coefficient (Wildman–Crippen LogP) is 8.64. The summed E-state index contributed by atoms with van der Waals surface area (Å²) in [5, 5.41) is 31.7. The van der Waals surface area contributed by atoms with Crippen LogP contribution in [-0.2, 0) is 47.7 Å². The van der Waals surface area contributed by atoms with Crippen molar-refractivity contribution < 1.29 is 19.1 Å². The summed E-state index contributed by atoms with van der Waals surface area (Å²) in [5.41, 5.74) is 10.6. The molecule has 0 unspecified atom stereocenters. The van der Waals surface area contributed by atoms with E-state index in [0.717, 1.165) is 112 Å². The fraction of sp³-hybridized carbons (Fsp3) is 0.467. The van der Waals surface area contributed by atoms with Crippen LogP contribution in [0.5, 0.6) is 0 Å². The Hall–Kier alpha value is -7.92. The summed E-state index contributed by atoms with van der Waals surface area (Å²) in [4.78, 5) is 50.2. The third-order valence-corrected chi connectivity index (χ3v) is 15.9. The second kappa shape index (κ2) is 23.9. The van der Waals surface area contributed by atoms with Crippen molar-refractivity contribution in [1.29, 1.82) is 0 Å². The number of aryl methyl sites for hydroxylation is 2. The Morgan fingerprint density at radius 2 is 1.02 bits per heavy atom. The van der Waals surface area contributed by atoms with Gasteiger partial charge in [0.1, 0.15) is 11.4 Å². The van der Waals surface area contributed by atoms with Crippen LogP contribution < -0.4 is 10.6 Å². The van der Waals surface area contributed by atoms with E-state index >= 15 is 0 Å². The minimum Gasteiger partial charge on any atom is -0.380 e. The van der Waals surface area contributed by atoms with Crippen molar-refractivity contribution in [2.24, 2.45) is 14.1 Å². The van der Waals surface area contributed by atoms with Crippen molar-refractivity contribution in [3.05, 3.63) is 132 Å².